The van der Waals surface area contributed by atoms with Crippen LogP contribution in [0.25, 0.3) is 0 Å². The van der Waals surface area contributed by atoms with Crippen LogP contribution in [-0.2, 0) is 4.74 Å². The topological polar surface area (TPSA) is 9.23 Å². The fourth-order valence-electron chi connectivity index (χ4n) is 1.14. The monoisotopic (exact) mass is 162 g/mol. The Morgan fingerprint density at radius 1 is 1.50 bits per heavy atom. The molecule has 0 amide bonds. The Kier molecular flexibility index (Phi) is 4.35. The summed E-state index contributed by atoms with van der Waals surface area (Å²) in [6, 6.07) is 0. The number of hydrogen-bond donors (Lipinski definition) is 0. The molecule has 64 valence electrons. The zero-order chi connectivity index (χ0) is 8.65. The first-order chi connectivity index (χ1) is 5.93. The molecule has 0 aliphatic heterocycles. The highest BCUT2D eigenvalue weighted by molar-refractivity contribution is 5.07. The van der Waals surface area contributed by atoms with Crippen molar-refractivity contribution >= 4 is 0 Å². The fraction of sp³-hybridized carbons (Fsp3) is 0.636. The summed E-state index contributed by atoms with van der Waals surface area (Å²) in [6.07, 6.45) is 4.65. The van der Waals surface area contributed by atoms with Gasteiger partial charge in [-0.1, -0.05) is 11.8 Å². The molecule has 0 saturated heterocycles. The van der Waals surface area contributed by atoms with Crippen LogP contribution in [0.1, 0.15) is 32.6 Å². The van der Waals surface area contributed by atoms with Crippen LogP contribution in [0.2, 0.25) is 0 Å². The Labute approximate surface area is 74.5 Å². The highest BCUT2D eigenvalue weighted by Gasteiger charge is 2.05. The second-order valence-electron chi connectivity index (χ2n) is 2.79. The molecule has 1 atom stereocenters. The SMILES string of the molecule is CC#CCO[C@H]1C#CCCCC1. The van der Waals surface area contributed by atoms with E-state index < -0.39 is 0 Å². The summed E-state index contributed by atoms with van der Waals surface area (Å²) < 4.78 is 5.46. The van der Waals surface area contributed by atoms with Crippen LogP contribution in [0.3, 0.4) is 0 Å². The van der Waals surface area contributed by atoms with Gasteiger partial charge in [0, 0.05) is 6.42 Å². The summed E-state index contributed by atoms with van der Waals surface area (Å²) in [5.41, 5.74) is 0. The van der Waals surface area contributed by atoms with E-state index in [-0.39, 0.29) is 6.10 Å². The van der Waals surface area contributed by atoms with Crippen molar-refractivity contribution in [1.82, 2.24) is 0 Å². The quantitative estimate of drug-likeness (QED) is 0.564. The van der Waals surface area contributed by atoms with Crippen LogP contribution >= 0.6 is 0 Å². The first-order valence-corrected chi connectivity index (χ1v) is 4.43. The van der Waals surface area contributed by atoms with Crippen molar-refractivity contribution in [3.8, 4) is 23.7 Å². The normalized spacial score (nSPS) is 21.2. The van der Waals surface area contributed by atoms with Crippen LogP contribution in [0.4, 0.5) is 0 Å². The van der Waals surface area contributed by atoms with Crippen LogP contribution in [0.15, 0.2) is 0 Å². The molecule has 0 heterocycles. The number of hydrogen-bond acceptors (Lipinski definition) is 1. The highest BCUT2D eigenvalue weighted by Crippen LogP contribution is 2.09. The van der Waals surface area contributed by atoms with E-state index in [1.165, 1.54) is 12.8 Å². The molecule has 1 nitrogen and oxygen atoms in total. The van der Waals surface area contributed by atoms with E-state index in [2.05, 4.69) is 23.7 Å². The average Bonchev–Trinajstić information content (AvgIpc) is 2.33. The molecule has 1 heteroatoms. The average molecular weight is 162 g/mol. The van der Waals surface area contributed by atoms with Gasteiger partial charge in [-0.15, -0.1) is 11.8 Å². The van der Waals surface area contributed by atoms with E-state index in [1.807, 2.05) is 6.92 Å². The zero-order valence-corrected chi connectivity index (χ0v) is 7.52. The van der Waals surface area contributed by atoms with Crippen LogP contribution in [-0.4, -0.2) is 12.7 Å². The molecule has 0 fully saturated rings. The van der Waals surface area contributed by atoms with Crippen LogP contribution < -0.4 is 0 Å². The fourth-order valence-corrected chi connectivity index (χ4v) is 1.14. The molecular weight excluding hydrogens is 148 g/mol. The minimum absolute atomic E-state index is 0.133. The molecule has 0 radical (unpaired) electrons. The molecule has 0 aromatic heterocycles. The van der Waals surface area contributed by atoms with Gasteiger partial charge in [0.15, 0.2) is 0 Å². The predicted molar refractivity (Wildman–Crippen MR) is 49.4 cm³/mol. The Morgan fingerprint density at radius 2 is 2.42 bits per heavy atom. The molecule has 0 spiro atoms. The Morgan fingerprint density at radius 3 is 3.25 bits per heavy atom. The molecule has 0 aromatic carbocycles. The van der Waals surface area contributed by atoms with Crippen molar-refractivity contribution in [2.75, 3.05) is 6.61 Å². The minimum atomic E-state index is 0.133. The van der Waals surface area contributed by atoms with Crippen molar-refractivity contribution in [3.05, 3.63) is 0 Å². The van der Waals surface area contributed by atoms with E-state index in [9.17, 15) is 0 Å². The lowest BCUT2D eigenvalue weighted by Gasteiger charge is -2.07. The van der Waals surface area contributed by atoms with E-state index in [0.717, 1.165) is 12.8 Å². The molecule has 1 aliphatic carbocycles. The number of ether oxygens (including phenoxy) is 1. The van der Waals surface area contributed by atoms with Crippen molar-refractivity contribution in [2.45, 2.75) is 38.7 Å². The van der Waals surface area contributed by atoms with Gasteiger partial charge >= 0.3 is 0 Å². The molecule has 0 N–H and O–H groups in total. The van der Waals surface area contributed by atoms with E-state index in [1.54, 1.807) is 0 Å². The Bertz CT molecular complexity index is 233. The molecule has 1 rings (SSSR count). The third-order valence-corrected chi connectivity index (χ3v) is 1.81. The lowest BCUT2D eigenvalue weighted by molar-refractivity contribution is 0.112. The molecule has 0 saturated carbocycles. The molecule has 12 heavy (non-hydrogen) atoms. The van der Waals surface area contributed by atoms with Crippen molar-refractivity contribution in [3.63, 3.8) is 0 Å². The first-order valence-electron chi connectivity index (χ1n) is 4.43. The molecule has 0 unspecified atom stereocenters. The van der Waals surface area contributed by atoms with Gasteiger partial charge in [-0.25, -0.2) is 0 Å². The van der Waals surface area contributed by atoms with Gasteiger partial charge in [0.1, 0.15) is 12.7 Å². The van der Waals surface area contributed by atoms with Gasteiger partial charge in [-0.3, -0.25) is 0 Å². The smallest absolute Gasteiger partial charge is 0.119 e. The van der Waals surface area contributed by atoms with Crippen molar-refractivity contribution in [1.29, 1.82) is 0 Å². The van der Waals surface area contributed by atoms with Crippen molar-refractivity contribution < 1.29 is 4.74 Å². The van der Waals surface area contributed by atoms with E-state index in [4.69, 9.17) is 4.74 Å². The summed E-state index contributed by atoms with van der Waals surface area (Å²) in [6.45, 7) is 2.35. The van der Waals surface area contributed by atoms with Crippen molar-refractivity contribution in [2.24, 2.45) is 0 Å². The summed E-state index contributed by atoms with van der Waals surface area (Å²) in [5, 5.41) is 0. The summed E-state index contributed by atoms with van der Waals surface area (Å²) in [5.74, 6) is 11.9. The van der Waals surface area contributed by atoms with E-state index in [0.29, 0.717) is 6.61 Å². The van der Waals surface area contributed by atoms with Gasteiger partial charge < -0.3 is 4.74 Å². The summed E-state index contributed by atoms with van der Waals surface area (Å²) >= 11 is 0. The maximum absolute atomic E-state index is 5.46. The zero-order valence-electron chi connectivity index (χ0n) is 7.52. The Balaban J connectivity index is 2.26. The van der Waals surface area contributed by atoms with Gasteiger partial charge in [0.25, 0.3) is 0 Å². The van der Waals surface area contributed by atoms with Gasteiger partial charge in [-0.2, -0.15) is 0 Å². The second-order valence-corrected chi connectivity index (χ2v) is 2.79. The molecule has 1 aliphatic rings. The van der Waals surface area contributed by atoms with Crippen LogP contribution in [0.5, 0.6) is 0 Å². The predicted octanol–water partition coefficient (Wildman–Crippen LogP) is 1.97. The molecule has 0 bridgehead atoms. The maximum Gasteiger partial charge on any atom is 0.119 e. The second kappa shape index (κ2) is 5.70. The van der Waals surface area contributed by atoms with Crippen LogP contribution in [0, 0.1) is 23.7 Å². The standard InChI is InChI=1S/C11H14O/c1-2-3-10-12-11-8-6-4-5-7-9-11/h11H,4-6,8,10H2,1H3/t11-/m1/s1. The number of rotatable bonds is 2. The lowest BCUT2D eigenvalue weighted by Crippen LogP contribution is -2.09. The highest BCUT2D eigenvalue weighted by atomic mass is 16.5. The molecular formula is C11H14O. The minimum Gasteiger partial charge on any atom is -0.353 e. The third kappa shape index (κ3) is 3.46. The Hall–Kier alpha value is -0.920. The largest absolute Gasteiger partial charge is 0.353 e. The summed E-state index contributed by atoms with van der Waals surface area (Å²) in [7, 11) is 0. The third-order valence-electron chi connectivity index (χ3n) is 1.81. The maximum atomic E-state index is 5.46. The lowest BCUT2D eigenvalue weighted by atomic mass is 10.2. The van der Waals surface area contributed by atoms with Gasteiger partial charge in [0.2, 0.25) is 0 Å². The van der Waals surface area contributed by atoms with Gasteiger partial charge in [-0.05, 0) is 26.2 Å². The first kappa shape index (κ1) is 9.17. The van der Waals surface area contributed by atoms with Gasteiger partial charge in [0.05, 0.1) is 0 Å². The van der Waals surface area contributed by atoms with E-state index >= 15 is 0 Å². The summed E-state index contributed by atoms with van der Waals surface area (Å²) in [4.78, 5) is 0. The molecule has 0 aromatic rings.